The van der Waals surface area contributed by atoms with Crippen molar-refractivity contribution in [1.29, 1.82) is 0 Å². The molecule has 1 atom stereocenters. The zero-order valence-corrected chi connectivity index (χ0v) is 15.4. The molecule has 2 aromatic rings. The summed E-state index contributed by atoms with van der Waals surface area (Å²) in [6.45, 7) is 12.3. The minimum atomic E-state index is 0.751. The van der Waals surface area contributed by atoms with Crippen molar-refractivity contribution in [2.75, 3.05) is 39.3 Å². The first kappa shape index (κ1) is 16.8. The Labute approximate surface area is 150 Å². The first-order valence-corrected chi connectivity index (χ1v) is 9.48. The standard InChI is InChI=1S/C20H29N5/c1-15-3-4-16(2)19(11-15)20-17(12-22-23-20)14-24-7-9-25(10-8-24)18-5-6-21-13-18/h3-4,11-12,18,21H,5-10,13-14H2,1-2H3,(H,22,23). The van der Waals surface area contributed by atoms with Crippen molar-refractivity contribution < 1.29 is 0 Å². The van der Waals surface area contributed by atoms with E-state index in [-0.39, 0.29) is 0 Å². The van der Waals surface area contributed by atoms with E-state index in [0.717, 1.165) is 25.7 Å². The van der Waals surface area contributed by atoms with Gasteiger partial charge in [0.2, 0.25) is 0 Å². The first-order chi connectivity index (χ1) is 12.2. The highest BCUT2D eigenvalue weighted by Gasteiger charge is 2.26. The molecule has 0 radical (unpaired) electrons. The number of aromatic nitrogens is 2. The Balaban J connectivity index is 1.43. The maximum absolute atomic E-state index is 4.34. The van der Waals surface area contributed by atoms with E-state index >= 15 is 0 Å². The lowest BCUT2D eigenvalue weighted by Crippen LogP contribution is -2.50. The predicted molar refractivity (Wildman–Crippen MR) is 102 cm³/mol. The lowest BCUT2D eigenvalue weighted by atomic mass is 10.00. The Bertz CT molecular complexity index is 709. The summed E-state index contributed by atoms with van der Waals surface area (Å²) >= 11 is 0. The highest BCUT2D eigenvalue weighted by atomic mass is 15.3. The lowest BCUT2D eigenvalue weighted by molar-refractivity contribution is 0.0982. The third-order valence-electron chi connectivity index (χ3n) is 5.73. The van der Waals surface area contributed by atoms with Crippen LogP contribution >= 0.6 is 0 Å². The summed E-state index contributed by atoms with van der Waals surface area (Å²) in [5, 5.41) is 11.1. The van der Waals surface area contributed by atoms with Gasteiger partial charge in [-0.15, -0.1) is 0 Å². The molecule has 0 aliphatic carbocycles. The molecule has 134 valence electrons. The second kappa shape index (κ2) is 7.28. The van der Waals surface area contributed by atoms with E-state index in [1.165, 1.54) is 60.5 Å². The number of hydrogen-bond acceptors (Lipinski definition) is 4. The van der Waals surface area contributed by atoms with Gasteiger partial charge in [-0.1, -0.05) is 17.7 Å². The van der Waals surface area contributed by atoms with Crippen molar-refractivity contribution in [3.05, 3.63) is 41.1 Å². The predicted octanol–water partition coefficient (Wildman–Crippen LogP) is 2.17. The first-order valence-electron chi connectivity index (χ1n) is 9.48. The zero-order chi connectivity index (χ0) is 17.2. The highest BCUT2D eigenvalue weighted by Crippen LogP contribution is 2.27. The van der Waals surface area contributed by atoms with Crippen LogP contribution < -0.4 is 5.32 Å². The maximum atomic E-state index is 4.34. The Morgan fingerprint density at radius 1 is 1.16 bits per heavy atom. The molecule has 0 amide bonds. The van der Waals surface area contributed by atoms with Gasteiger partial charge in [0.1, 0.15) is 0 Å². The maximum Gasteiger partial charge on any atom is 0.0698 e. The number of hydrogen-bond donors (Lipinski definition) is 2. The summed E-state index contributed by atoms with van der Waals surface area (Å²) in [5.74, 6) is 0. The van der Waals surface area contributed by atoms with Crippen LogP contribution in [0, 0.1) is 13.8 Å². The third kappa shape index (κ3) is 3.64. The largest absolute Gasteiger partial charge is 0.315 e. The van der Waals surface area contributed by atoms with Gasteiger partial charge < -0.3 is 5.32 Å². The average Bonchev–Trinajstić information content (AvgIpc) is 3.30. The Kier molecular flexibility index (Phi) is 4.88. The van der Waals surface area contributed by atoms with Crippen molar-refractivity contribution in [3.63, 3.8) is 0 Å². The second-order valence-corrected chi connectivity index (χ2v) is 7.55. The number of nitrogens with zero attached hydrogens (tertiary/aromatic N) is 3. The van der Waals surface area contributed by atoms with Crippen molar-refractivity contribution in [2.24, 2.45) is 0 Å². The smallest absolute Gasteiger partial charge is 0.0698 e. The van der Waals surface area contributed by atoms with E-state index in [2.05, 4.69) is 57.4 Å². The fourth-order valence-corrected chi connectivity index (χ4v) is 4.15. The molecule has 5 nitrogen and oxygen atoms in total. The number of aryl methyl sites for hydroxylation is 2. The zero-order valence-electron chi connectivity index (χ0n) is 15.4. The molecule has 2 saturated heterocycles. The van der Waals surface area contributed by atoms with Crippen LogP contribution in [0.1, 0.15) is 23.1 Å². The minimum Gasteiger partial charge on any atom is -0.315 e. The molecule has 2 aliphatic heterocycles. The Morgan fingerprint density at radius 2 is 2.00 bits per heavy atom. The summed E-state index contributed by atoms with van der Waals surface area (Å²) in [4.78, 5) is 5.23. The van der Waals surface area contributed by atoms with Crippen molar-refractivity contribution >= 4 is 0 Å². The normalized spacial score (nSPS) is 22.6. The third-order valence-corrected chi connectivity index (χ3v) is 5.73. The number of rotatable bonds is 4. The molecular weight excluding hydrogens is 310 g/mol. The van der Waals surface area contributed by atoms with Crippen LogP contribution in [0.4, 0.5) is 0 Å². The highest BCUT2D eigenvalue weighted by molar-refractivity contribution is 5.67. The molecular formula is C20H29N5. The van der Waals surface area contributed by atoms with Crippen LogP contribution in [-0.4, -0.2) is 65.3 Å². The number of aromatic amines is 1. The molecule has 1 unspecified atom stereocenters. The Morgan fingerprint density at radius 3 is 2.76 bits per heavy atom. The molecule has 2 N–H and O–H groups in total. The van der Waals surface area contributed by atoms with Crippen molar-refractivity contribution in [1.82, 2.24) is 25.3 Å². The molecule has 25 heavy (non-hydrogen) atoms. The van der Waals surface area contributed by atoms with Crippen LogP contribution in [-0.2, 0) is 6.54 Å². The molecule has 3 heterocycles. The van der Waals surface area contributed by atoms with E-state index in [1.54, 1.807) is 0 Å². The van der Waals surface area contributed by atoms with Crippen molar-refractivity contribution in [3.8, 4) is 11.3 Å². The van der Waals surface area contributed by atoms with E-state index in [4.69, 9.17) is 0 Å². The van der Waals surface area contributed by atoms with Crippen LogP contribution in [0.25, 0.3) is 11.3 Å². The fraction of sp³-hybridized carbons (Fsp3) is 0.550. The molecule has 5 heteroatoms. The molecule has 0 bridgehead atoms. The lowest BCUT2D eigenvalue weighted by Gasteiger charge is -2.37. The molecule has 0 spiro atoms. The van der Waals surface area contributed by atoms with E-state index in [1.807, 2.05) is 6.20 Å². The van der Waals surface area contributed by atoms with Gasteiger partial charge in [0.15, 0.2) is 0 Å². The number of piperazine rings is 1. The summed E-state index contributed by atoms with van der Waals surface area (Å²) in [5.41, 5.74) is 6.37. The minimum absolute atomic E-state index is 0.751. The molecule has 1 aromatic heterocycles. The van der Waals surface area contributed by atoms with Gasteiger partial charge in [0.05, 0.1) is 11.9 Å². The molecule has 2 aliphatic rings. The van der Waals surface area contributed by atoms with Crippen LogP contribution in [0.3, 0.4) is 0 Å². The topological polar surface area (TPSA) is 47.2 Å². The second-order valence-electron chi connectivity index (χ2n) is 7.55. The average molecular weight is 339 g/mol. The SMILES string of the molecule is Cc1ccc(C)c(-c2[nH]ncc2CN2CCN(C3CCNC3)CC2)c1. The van der Waals surface area contributed by atoms with Gasteiger partial charge in [0, 0.05) is 56.4 Å². The molecule has 2 fully saturated rings. The monoisotopic (exact) mass is 339 g/mol. The van der Waals surface area contributed by atoms with Gasteiger partial charge in [-0.25, -0.2) is 0 Å². The summed E-state index contributed by atoms with van der Waals surface area (Å²) in [6, 6.07) is 7.38. The van der Waals surface area contributed by atoms with Gasteiger partial charge in [-0.05, 0) is 38.4 Å². The Hall–Kier alpha value is -1.69. The fourth-order valence-electron chi connectivity index (χ4n) is 4.15. The molecule has 0 saturated carbocycles. The molecule has 4 rings (SSSR count). The van der Waals surface area contributed by atoms with Gasteiger partial charge in [0.25, 0.3) is 0 Å². The van der Waals surface area contributed by atoms with E-state index in [0.29, 0.717) is 0 Å². The summed E-state index contributed by atoms with van der Waals surface area (Å²) < 4.78 is 0. The summed E-state index contributed by atoms with van der Waals surface area (Å²) in [6.07, 6.45) is 3.31. The van der Waals surface area contributed by atoms with E-state index < -0.39 is 0 Å². The summed E-state index contributed by atoms with van der Waals surface area (Å²) in [7, 11) is 0. The van der Waals surface area contributed by atoms with Gasteiger partial charge >= 0.3 is 0 Å². The van der Waals surface area contributed by atoms with Crippen LogP contribution in [0.15, 0.2) is 24.4 Å². The van der Waals surface area contributed by atoms with E-state index in [9.17, 15) is 0 Å². The quantitative estimate of drug-likeness (QED) is 0.896. The van der Waals surface area contributed by atoms with Crippen LogP contribution in [0.2, 0.25) is 0 Å². The number of nitrogens with one attached hydrogen (secondary N) is 2. The number of benzene rings is 1. The van der Waals surface area contributed by atoms with Crippen molar-refractivity contribution in [2.45, 2.75) is 32.9 Å². The van der Waals surface area contributed by atoms with Crippen LogP contribution in [0.5, 0.6) is 0 Å². The van der Waals surface area contributed by atoms with Gasteiger partial charge in [-0.3, -0.25) is 14.9 Å². The number of H-pyrrole nitrogens is 1. The van der Waals surface area contributed by atoms with Gasteiger partial charge in [-0.2, -0.15) is 5.10 Å². The molecule has 1 aromatic carbocycles.